The van der Waals surface area contributed by atoms with Gasteiger partial charge < -0.3 is 15.1 Å². The van der Waals surface area contributed by atoms with Crippen molar-refractivity contribution in [2.24, 2.45) is 0 Å². The van der Waals surface area contributed by atoms with Crippen molar-refractivity contribution in [3.63, 3.8) is 0 Å². The van der Waals surface area contributed by atoms with E-state index in [0.717, 1.165) is 23.2 Å². The van der Waals surface area contributed by atoms with Gasteiger partial charge in [-0.3, -0.25) is 0 Å². The number of carbonyl (C=O) groups is 1. The molecule has 1 aromatic heterocycles. The monoisotopic (exact) mass is 403 g/mol. The van der Waals surface area contributed by atoms with Crippen LogP contribution in [-0.2, 0) is 0 Å². The molecule has 3 rings (SSSR count). The number of carbonyl (C=O) groups excluding carboxylic acids is 1. The Hall–Kier alpha value is -2.15. The minimum atomic E-state index is -0.0614. The van der Waals surface area contributed by atoms with Crippen LogP contribution in [0.1, 0.15) is 25.3 Å². The molecule has 0 unspecified atom stereocenters. The van der Waals surface area contributed by atoms with Crippen LogP contribution in [0.25, 0.3) is 0 Å². The number of hydrogen-bond donors (Lipinski definition) is 1. The number of hydrogen-bond acceptors (Lipinski definition) is 4. The molecule has 0 bridgehead atoms. The number of halogens is 1. The van der Waals surface area contributed by atoms with Gasteiger partial charge in [0.05, 0.1) is 4.47 Å². The highest BCUT2D eigenvalue weighted by Crippen LogP contribution is 2.18. The van der Waals surface area contributed by atoms with Crippen LogP contribution in [0.3, 0.4) is 0 Å². The molecule has 1 fully saturated rings. The summed E-state index contributed by atoms with van der Waals surface area (Å²) in [6.07, 6.45) is 3.48. The Morgan fingerprint density at radius 3 is 2.24 bits per heavy atom. The van der Waals surface area contributed by atoms with E-state index in [1.165, 1.54) is 5.56 Å². The van der Waals surface area contributed by atoms with Crippen LogP contribution in [0.2, 0.25) is 0 Å². The maximum absolute atomic E-state index is 12.4. The lowest BCUT2D eigenvalue weighted by Gasteiger charge is -2.34. The maximum Gasteiger partial charge on any atom is 0.321 e. The highest BCUT2D eigenvalue weighted by molar-refractivity contribution is 9.10. The summed E-state index contributed by atoms with van der Waals surface area (Å²) >= 11 is 3.34. The zero-order chi connectivity index (χ0) is 17.8. The molecular weight excluding hydrogens is 382 g/mol. The molecule has 132 valence electrons. The van der Waals surface area contributed by atoms with E-state index in [1.54, 1.807) is 12.4 Å². The fourth-order valence-corrected chi connectivity index (χ4v) is 2.94. The van der Waals surface area contributed by atoms with E-state index < -0.39 is 0 Å². The van der Waals surface area contributed by atoms with E-state index >= 15 is 0 Å². The van der Waals surface area contributed by atoms with Crippen molar-refractivity contribution in [3.05, 3.63) is 46.7 Å². The topological polar surface area (TPSA) is 61.4 Å². The predicted molar refractivity (Wildman–Crippen MR) is 103 cm³/mol. The highest BCUT2D eigenvalue weighted by atomic mass is 79.9. The van der Waals surface area contributed by atoms with E-state index in [1.807, 2.05) is 17.0 Å². The molecule has 6 nitrogen and oxygen atoms in total. The first kappa shape index (κ1) is 17.7. The Labute approximate surface area is 156 Å². The van der Waals surface area contributed by atoms with Gasteiger partial charge in [0, 0.05) is 44.3 Å². The van der Waals surface area contributed by atoms with Crippen molar-refractivity contribution in [2.45, 2.75) is 19.8 Å². The van der Waals surface area contributed by atoms with Gasteiger partial charge in [0.2, 0.25) is 5.95 Å². The van der Waals surface area contributed by atoms with Crippen molar-refractivity contribution < 1.29 is 4.79 Å². The second kappa shape index (κ2) is 7.82. The van der Waals surface area contributed by atoms with Crippen LogP contribution >= 0.6 is 15.9 Å². The van der Waals surface area contributed by atoms with Crippen molar-refractivity contribution in [2.75, 3.05) is 36.4 Å². The first-order valence-corrected chi connectivity index (χ1v) is 9.20. The maximum atomic E-state index is 12.4. The van der Waals surface area contributed by atoms with Gasteiger partial charge in [0.25, 0.3) is 0 Å². The second-order valence-corrected chi connectivity index (χ2v) is 7.30. The molecule has 0 saturated carbocycles. The molecule has 0 aliphatic carbocycles. The zero-order valence-electron chi connectivity index (χ0n) is 14.4. The third-order valence-electron chi connectivity index (χ3n) is 4.29. The summed E-state index contributed by atoms with van der Waals surface area (Å²) in [5.41, 5.74) is 2.09. The predicted octanol–water partition coefficient (Wildman–Crippen LogP) is 3.72. The van der Waals surface area contributed by atoms with Gasteiger partial charge in [-0.2, -0.15) is 0 Å². The number of anilines is 2. The summed E-state index contributed by atoms with van der Waals surface area (Å²) in [6, 6.07) is 7.97. The van der Waals surface area contributed by atoms with E-state index in [9.17, 15) is 4.79 Å². The van der Waals surface area contributed by atoms with Crippen molar-refractivity contribution in [3.8, 4) is 0 Å². The van der Waals surface area contributed by atoms with Crippen molar-refractivity contribution in [1.82, 2.24) is 14.9 Å². The highest BCUT2D eigenvalue weighted by Gasteiger charge is 2.22. The Bertz CT molecular complexity index is 709. The SMILES string of the molecule is CC(C)c1ccc(NC(=O)N2CCN(c3ncc(Br)cn3)CC2)cc1. The molecule has 0 radical (unpaired) electrons. The van der Waals surface area contributed by atoms with Crippen LogP contribution in [-0.4, -0.2) is 47.1 Å². The molecule has 0 spiro atoms. The number of benzene rings is 1. The quantitative estimate of drug-likeness (QED) is 0.847. The standard InChI is InChI=1S/C18H22BrN5O/c1-13(2)14-3-5-16(6-4-14)22-18(25)24-9-7-23(8-10-24)17-20-11-15(19)12-21-17/h3-6,11-13H,7-10H2,1-2H3,(H,22,25). The smallest absolute Gasteiger partial charge is 0.321 e. The van der Waals surface area contributed by atoms with Gasteiger partial charge in [-0.15, -0.1) is 0 Å². The van der Waals surface area contributed by atoms with Gasteiger partial charge in [-0.1, -0.05) is 26.0 Å². The van der Waals surface area contributed by atoms with Crippen molar-refractivity contribution in [1.29, 1.82) is 0 Å². The van der Waals surface area contributed by atoms with Crippen LogP contribution in [0.15, 0.2) is 41.1 Å². The molecule has 1 aliphatic rings. The lowest BCUT2D eigenvalue weighted by molar-refractivity contribution is 0.208. The number of rotatable bonds is 3. The van der Waals surface area contributed by atoms with Crippen molar-refractivity contribution >= 4 is 33.6 Å². The normalized spacial score (nSPS) is 14.7. The number of aromatic nitrogens is 2. The van der Waals surface area contributed by atoms with Gasteiger partial charge in [-0.05, 0) is 39.5 Å². The number of urea groups is 1. The molecule has 7 heteroatoms. The number of piperazine rings is 1. The Morgan fingerprint density at radius 2 is 1.68 bits per heavy atom. The van der Waals surface area contributed by atoms with Gasteiger partial charge in [0.1, 0.15) is 0 Å². The lowest BCUT2D eigenvalue weighted by Crippen LogP contribution is -2.50. The van der Waals surface area contributed by atoms with Crippen LogP contribution < -0.4 is 10.2 Å². The van der Waals surface area contributed by atoms with Crippen LogP contribution in [0.4, 0.5) is 16.4 Å². The second-order valence-electron chi connectivity index (χ2n) is 6.38. The molecular formula is C18H22BrN5O. The van der Waals surface area contributed by atoms with E-state index in [0.29, 0.717) is 25.0 Å². The molecule has 1 N–H and O–H groups in total. The summed E-state index contributed by atoms with van der Waals surface area (Å²) < 4.78 is 0.859. The van der Waals surface area contributed by atoms with Gasteiger partial charge >= 0.3 is 6.03 Å². The molecule has 1 aliphatic heterocycles. The lowest BCUT2D eigenvalue weighted by atomic mass is 10.0. The average molecular weight is 404 g/mol. The summed E-state index contributed by atoms with van der Waals surface area (Å²) in [6.45, 7) is 7.05. The van der Waals surface area contributed by atoms with Crippen LogP contribution in [0.5, 0.6) is 0 Å². The van der Waals surface area contributed by atoms with Gasteiger partial charge in [0.15, 0.2) is 0 Å². The van der Waals surface area contributed by atoms with Gasteiger partial charge in [-0.25, -0.2) is 14.8 Å². The zero-order valence-corrected chi connectivity index (χ0v) is 16.0. The Balaban J connectivity index is 1.53. The van der Waals surface area contributed by atoms with E-state index in [4.69, 9.17) is 0 Å². The third-order valence-corrected chi connectivity index (χ3v) is 4.69. The summed E-state index contributed by atoms with van der Waals surface area (Å²) in [4.78, 5) is 25.0. The Kier molecular flexibility index (Phi) is 5.53. The molecule has 0 atom stereocenters. The third kappa shape index (κ3) is 4.48. The average Bonchev–Trinajstić information content (AvgIpc) is 2.63. The van der Waals surface area contributed by atoms with E-state index in [-0.39, 0.29) is 6.03 Å². The molecule has 1 saturated heterocycles. The molecule has 2 heterocycles. The minimum Gasteiger partial charge on any atom is -0.337 e. The number of nitrogens with one attached hydrogen (secondary N) is 1. The largest absolute Gasteiger partial charge is 0.337 e. The summed E-state index contributed by atoms with van der Waals surface area (Å²) in [7, 11) is 0. The fourth-order valence-electron chi connectivity index (χ4n) is 2.73. The molecule has 25 heavy (non-hydrogen) atoms. The molecule has 2 amide bonds. The number of nitrogens with zero attached hydrogens (tertiary/aromatic N) is 4. The summed E-state index contributed by atoms with van der Waals surface area (Å²) in [5, 5.41) is 2.97. The minimum absolute atomic E-state index is 0.0614. The molecule has 1 aromatic carbocycles. The number of amides is 2. The Morgan fingerprint density at radius 1 is 1.08 bits per heavy atom. The van der Waals surface area contributed by atoms with Crippen LogP contribution in [0, 0.1) is 0 Å². The summed E-state index contributed by atoms with van der Waals surface area (Å²) in [5.74, 6) is 1.19. The fraction of sp³-hybridized carbons (Fsp3) is 0.389. The molecule has 2 aromatic rings. The first-order valence-electron chi connectivity index (χ1n) is 8.41. The first-order chi connectivity index (χ1) is 12.0. The van der Waals surface area contributed by atoms with E-state index in [2.05, 4.69) is 62.1 Å².